The molecule has 0 bridgehead atoms. The molecule has 1 aliphatic carbocycles. The molecule has 1 nitrogen and oxygen atoms in total. The predicted molar refractivity (Wildman–Crippen MR) is 69.2 cm³/mol. The lowest BCUT2D eigenvalue weighted by Gasteiger charge is -2.06. The number of fused-ring (bicyclic) bond motifs is 1. The van der Waals surface area contributed by atoms with Gasteiger partial charge in [-0.1, -0.05) is 12.1 Å². The Kier molecular flexibility index (Phi) is 3.09. The smallest absolute Gasteiger partial charge is 0.241 e. The largest absolute Gasteiger partial charge is 0.416 e. The van der Waals surface area contributed by atoms with Gasteiger partial charge in [-0.05, 0) is 37.8 Å². The number of benzene rings is 1. The van der Waals surface area contributed by atoms with Crippen LogP contribution in [-0.4, -0.2) is 4.98 Å². The second-order valence-corrected chi connectivity index (χ2v) is 5.75. The summed E-state index contributed by atoms with van der Waals surface area (Å²) in [5.74, 6) is 0. The summed E-state index contributed by atoms with van der Waals surface area (Å²) in [6.45, 7) is 0. The van der Waals surface area contributed by atoms with Crippen molar-refractivity contribution in [3.8, 4) is 10.6 Å². The zero-order valence-corrected chi connectivity index (χ0v) is 10.9. The number of alkyl halides is 3. The van der Waals surface area contributed by atoms with E-state index in [4.69, 9.17) is 0 Å². The highest BCUT2D eigenvalue weighted by Gasteiger charge is 2.30. The van der Waals surface area contributed by atoms with E-state index in [9.17, 15) is 13.2 Å². The maximum atomic E-state index is 12.5. The van der Waals surface area contributed by atoms with Gasteiger partial charge in [-0.15, -0.1) is 11.3 Å². The summed E-state index contributed by atoms with van der Waals surface area (Å²) in [5.41, 5.74) is 1.29. The zero-order valence-electron chi connectivity index (χ0n) is 10.1. The van der Waals surface area contributed by atoms with Gasteiger partial charge in [-0.25, -0.2) is 4.98 Å². The Hall–Kier alpha value is -1.36. The molecule has 0 spiro atoms. The van der Waals surface area contributed by atoms with E-state index in [1.54, 1.807) is 11.3 Å². The van der Waals surface area contributed by atoms with Gasteiger partial charge < -0.3 is 0 Å². The van der Waals surface area contributed by atoms with Crippen LogP contribution in [0.15, 0.2) is 24.3 Å². The number of aromatic nitrogens is 1. The predicted octanol–water partition coefficient (Wildman–Crippen LogP) is 4.71. The summed E-state index contributed by atoms with van der Waals surface area (Å²) in [7, 11) is 0. The van der Waals surface area contributed by atoms with Crippen LogP contribution in [-0.2, 0) is 19.0 Å². The number of hydrogen-bond donors (Lipinski definition) is 0. The molecule has 0 N–H and O–H groups in total. The maximum absolute atomic E-state index is 12.5. The molecule has 2 aromatic rings. The first-order chi connectivity index (χ1) is 9.04. The van der Waals surface area contributed by atoms with Crippen LogP contribution in [0.2, 0.25) is 0 Å². The fourth-order valence-electron chi connectivity index (χ4n) is 2.28. The highest BCUT2D eigenvalue weighted by atomic mass is 32.1. The fourth-order valence-corrected chi connectivity index (χ4v) is 3.43. The molecule has 0 aliphatic heterocycles. The second kappa shape index (κ2) is 4.63. The van der Waals surface area contributed by atoms with E-state index >= 15 is 0 Å². The molecule has 0 atom stereocenters. The molecule has 1 aromatic heterocycles. The summed E-state index contributed by atoms with van der Waals surface area (Å²) in [6.07, 6.45) is 0.103. The summed E-state index contributed by atoms with van der Waals surface area (Å²) < 4.78 is 37.5. The molecule has 19 heavy (non-hydrogen) atoms. The van der Waals surface area contributed by atoms with Gasteiger partial charge in [0.2, 0.25) is 0 Å². The fraction of sp³-hybridized carbons (Fsp3) is 0.357. The number of aryl methyl sites for hydroxylation is 2. The highest BCUT2D eigenvalue weighted by molar-refractivity contribution is 7.15. The third-order valence-corrected chi connectivity index (χ3v) is 4.51. The normalized spacial score (nSPS) is 15.3. The lowest BCUT2D eigenvalue weighted by atomic mass is 10.0. The van der Waals surface area contributed by atoms with Crippen LogP contribution in [0.5, 0.6) is 0 Å². The Morgan fingerprint density at radius 1 is 1.00 bits per heavy atom. The number of nitrogens with zero attached hydrogens (tertiary/aromatic N) is 1. The average Bonchev–Trinajstić information content (AvgIpc) is 2.81. The molecule has 0 saturated carbocycles. The minimum atomic E-state index is -4.28. The lowest BCUT2D eigenvalue weighted by molar-refractivity contribution is -0.137. The van der Waals surface area contributed by atoms with Crippen LogP contribution in [0, 0.1) is 0 Å². The Balaban J connectivity index is 1.92. The Morgan fingerprint density at radius 3 is 2.32 bits per heavy atom. The highest BCUT2D eigenvalue weighted by Crippen LogP contribution is 2.34. The van der Waals surface area contributed by atoms with Crippen LogP contribution in [0.3, 0.4) is 0 Å². The van der Waals surface area contributed by atoms with Crippen molar-refractivity contribution >= 4 is 11.3 Å². The summed E-state index contributed by atoms with van der Waals surface area (Å²) in [4.78, 5) is 5.84. The number of halogens is 3. The number of rotatable bonds is 1. The van der Waals surface area contributed by atoms with Crippen molar-refractivity contribution in [3.05, 3.63) is 40.4 Å². The van der Waals surface area contributed by atoms with Crippen molar-refractivity contribution in [3.63, 3.8) is 0 Å². The first-order valence-corrected chi connectivity index (χ1v) is 7.02. The number of hydrogen-bond acceptors (Lipinski definition) is 2. The molecule has 5 heteroatoms. The van der Waals surface area contributed by atoms with Gasteiger partial charge in [-0.2, -0.15) is 13.2 Å². The molecular formula is C14H12F3NS. The van der Waals surface area contributed by atoms with Crippen molar-refractivity contribution in [2.24, 2.45) is 0 Å². The molecule has 1 aliphatic rings. The first kappa shape index (κ1) is 12.7. The monoisotopic (exact) mass is 283 g/mol. The molecule has 0 amide bonds. The third kappa shape index (κ3) is 2.52. The first-order valence-electron chi connectivity index (χ1n) is 6.20. The average molecular weight is 283 g/mol. The summed E-state index contributed by atoms with van der Waals surface area (Å²) in [5, 5.41) is 0.834. The molecule has 0 unspecified atom stereocenters. The minimum absolute atomic E-state index is 0.613. The van der Waals surface area contributed by atoms with E-state index in [1.165, 1.54) is 23.4 Å². The van der Waals surface area contributed by atoms with Crippen LogP contribution >= 0.6 is 11.3 Å². The van der Waals surface area contributed by atoms with E-state index < -0.39 is 11.7 Å². The summed E-state index contributed by atoms with van der Waals surface area (Å²) in [6, 6.07) is 5.26. The van der Waals surface area contributed by atoms with Gasteiger partial charge in [0.05, 0.1) is 11.3 Å². The molecular weight excluding hydrogens is 271 g/mol. The summed E-state index contributed by atoms with van der Waals surface area (Å²) >= 11 is 1.61. The van der Waals surface area contributed by atoms with E-state index in [-0.39, 0.29) is 0 Å². The molecule has 100 valence electrons. The molecule has 0 saturated heterocycles. The van der Waals surface area contributed by atoms with Crippen molar-refractivity contribution in [2.75, 3.05) is 0 Å². The van der Waals surface area contributed by atoms with Crippen LogP contribution < -0.4 is 0 Å². The Morgan fingerprint density at radius 2 is 1.68 bits per heavy atom. The standard InChI is InChI=1S/C14H12F3NS/c15-14(16,17)10-7-5-9(6-8-10)13-18-11-3-1-2-4-12(11)19-13/h5-8H,1-4H2. The Labute approximate surface area is 113 Å². The zero-order chi connectivity index (χ0) is 13.5. The third-order valence-electron chi connectivity index (χ3n) is 3.30. The van der Waals surface area contributed by atoms with Gasteiger partial charge in [0.15, 0.2) is 0 Å². The SMILES string of the molecule is FC(F)(F)c1ccc(-c2nc3c(s2)CCCC3)cc1. The number of thiazole rings is 1. The minimum Gasteiger partial charge on any atom is -0.241 e. The Bertz CT molecular complexity index is 560. The van der Waals surface area contributed by atoms with Gasteiger partial charge in [0.25, 0.3) is 0 Å². The quantitative estimate of drug-likeness (QED) is 0.738. The van der Waals surface area contributed by atoms with Crippen molar-refractivity contribution < 1.29 is 13.2 Å². The molecule has 3 rings (SSSR count). The second-order valence-electron chi connectivity index (χ2n) is 4.67. The van der Waals surface area contributed by atoms with Gasteiger partial charge in [0, 0.05) is 10.4 Å². The van der Waals surface area contributed by atoms with E-state index in [1.807, 2.05) is 0 Å². The van der Waals surface area contributed by atoms with Gasteiger partial charge >= 0.3 is 6.18 Å². The van der Waals surface area contributed by atoms with Crippen molar-refractivity contribution in [2.45, 2.75) is 31.9 Å². The van der Waals surface area contributed by atoms with Gasteiger partial charge in [-0.3, -0.25) is 0 Å². The van der Waals surface area contributed by atoms with E-state index in [0.717, 1.165) is 47.7 Å². The van der Waals surface area contributed by atoms with E-state index in [2.05, 4.69) is 4.98 Å². The van der Waals surface area contributed by atoms with Gasteiger partial charge in [0.1, 0.15) is 5.01 Å². The topological polar surface area (TPSA) is 12.9 Å². The lowest BCUT2D eigenvalue weighted by Crippen LogP contribution is -2.03. The van der Waals surface area contributed by atoms with Crippen LogP contribution in [0.1, 0.15) is 29.0 Å². The molecule has 0 fully saturated rings. The van der Waals surface area contributed by atoms with Crippen LogP contribution in [0.4, 0.5) is 13.2 Å². The van der Waals surface area contributed by atoms with E-state index in [0.29, 0.717) is 0 Å². The maximum Gasteiger partial charge on any atom is 0.416 e. The molecule has 0 radical (unpaired) electrons. The molecule has 1 aromatic carbocycles. The van der Waals surface area contributed by atoms with Crippen molar-refractivity contribution in [1.82, 2.24) is 4.98 Å². The molecule has 1 heterocycles. The van der Waals surface area contributed by atoms with Crippen LogP contribution in [0.25, 0.3) is 10.6 Å². The van der Waals surface area contributed by atoms with Crippen molar-refractivity contribution in [1.29, 1.82) is 0 Å².